The third kappa shape index (κ3) is 2.76. The van der Waals surface area contributed by atoms with Crippen LogP contribution in [0.3, 0.4) is 0 Å². The summed E-state index contributed by atoms with van der Waals surface area (Å²) in [6.07, 6.45) is 0.356. The van der Waals surface area contributed by atoms with Crippen LogP contribution in [0.5, 0.6) is 5.88 Å². The van der Waals surface area contributed by atoms with Gasteiger partial charge in [-0.05, 0) is 20.3 Å². The molecule has 0 fully saturated rings. The first-order valence-electron chi connectivity index (χ1n) is 5.42. The molecule has 0 aliphatic rings. The summed E-state index contributed by atoms with van der Waals surface area (Å²) in [5.41, 5.74) is -1.57. The van der Waals surface area contributed by atoms with Gasteiger partial charge < -0.3 is 9.84 Å². The summed E-state index contributed by atoms with van der Waals surface area (Å²) in [5, 5.41) is 9.90. The van der Waals surface area contributed by atoms with E-state index >= 15 is 0 Å². The number of aromatic hydroxyl groups is 1. The van der Waals surface area contributed by atoms with Gasteiger partial charge in [0.1, 0.15) is 0 Å². The number of aromatic nitrogens is 2. The van der Waals surface area contributed by atoms with Gasteiger partial charge in [0.25, 0.3) is 5.56 Å². The summed E-state index contributed by atoms with van der Waals surface area (Å²) in [4.78, 5) is 25.2. The highest BCUT2D eigenvalue weighted by atomic mass is 16.5. The van der Waals surface area contributed by atoms with E-state index in [1.807, 2.05) is 0 Å². The van der Waals surface area contributed by atoms with E-state index in [0.717, 1.165) is 4.57 Å². The number of methoxy groups -OCH3 is 1. The second-order valence-electron chi connectivity index (χ2n) is 4.46. The van der Waals surface area contributed by atoms with E-state index in [4.69, 9.17) is 4.74 Å². The minimum Gasteiger partial charge on any atom is -0.494 e. The van der Waals surface area contributed by atoms with E-state index in [9.17, 15) is 14.7 Å². The van der Waals surface area contributed by atoms with Gasteiger partial charge in [-0.3, -0.25) is 14.3 Å². The summed E-state index contributed by atoms with van der Waals surface area (Å²) in [6, 6.07) is 0. The highest BCUT2D eigenvalue weighted by Crippen LogP contribution is 2.16. The summed E-state index contributed by atoms with van der Waals surface area (Å²) >= 11 is 0. The third-order valence-corrected chi connectivity index (χ3v) is 2.71. The largest absolute Gasteiger partial charge is 0.494 e. The Bertz CT molecular complexity index is 513. The molecule has 1 aromatic heterocycles. The number of ether oxygens (including phenoxy) is 1. The lowest BCUT2D eigenvalue weighted by atomic mass is 10.1. The Labute approximate surface area is 98.9 Å². The van der Waals surface area contributed by atoms with Crippen LogP contribution >= 0.6 is 0 Å². The zero-order valence-corrected chi connectivity index (χ0v) is 10.5. The zero-order chi connectivity index (χ0) is 13.2. The van der Waals surface area contributed by atoms with Crippen LogP contribution in [0.25, 0.3) is 0 Å². The SMILES string of the molecule is CCc1c(O)n(CC(C)(C)OC)c(=O)[nH]c1=O. The van der Waals surface area contributed by atoms with Gasteiger partial charge in [-0.1, -0.05) is 6.92 Å². The van der Waals surface area contributed by atoms with E-state index in [-0.39, 0.29) is 18.0 Å². The van der Waals surface area contributed by atoms with E-state index in [1.165, 1.54) is 7.11 Å². The Morgan fingerprint density at radius 2 is 2.00 bits per heavy atom. The van der Waals surface area contributed by atoms with Crippen molar-refractivity contribution >= 4 is 0 Å². The number of rotatable bonds is 4. The number of aromatic amines is 1. The molecule has 0 atom stereocenters. The normalized spacial score (nSPS) is 11.8. The van der Waals surface area contributed by atoms with Crippen LogP contribution in [0.1, 0.15) is 26.3 Å². The molecular weight excluding hydrogens is 224 g/mol. The Morgan fingerprint density at radius 3 is 2.47 bits per heavy atom. The fraction of sp³-hybridized carbons (Fsp3) is 0.636. The van der Waals surface area contributed by atoms with Crippen molar-refractivity contribution in [1.29, 1.82) is 0 Å². The molecule has 0 aliphatic carbocycles. The predicted octanol–water partition coefficient (Wildman–Crippen LogP) is 0.230. The van der Waals surface area contributed by atoms with E-state index in [2.05, 4.69) is 4.98 Å². The molecule has 1 aromatic rings. The fourth-order valence-corrected chi connectivity index (χ4v) is 1.51. The summed E-state index contributed by atoms with van der Waals surface area (Å²) in [7, 11) is 1.52. The Balaban J connectivity index is 3.35. The molecule has 0 aliphatic heterocycles. The van der Waals surface area contributed by atoms with Crippen LogP contribution in [0, 0.1) is 0 Å². The first-order valence-corrected chi connectivity index (χ1v) is 5.42. The van der Waals surface area contributed by atoms with Crippen molar-refractivity contribution in [2.45, 2.75) is 39.3 Å². The predicted molar refractivity (Wildman–Crippen MR) is 63.5 cm³/mol. The molecule has 0 bridgehead atoms. The minimum atomic E-state index is -0.630. The lowest BCUT2D eigenvalue weighted by Gasteiger charge is -2.24. The number of H-pyrrole nitrogens is 1. The summed E-state index contributed by atoms with van der Waals surface area (Å²) in [5.74, 6) is -0.286. The van der Waals surface area contributed by atoms with E-state index < -0.39 is 16.9 Å². The first kappa shape index (κ1) is 13.5. The van der Waals surface area contributed by atoms with Crippen molar-refractivity contribution in [3.63, 3.8) is 0 Å². The van der Waals surface area contributed by atoms with Crippen molar-refractivity contribution in [1.82, 2.24) is 9.55 Å². The summed E-state index contributed by atoms with van der Waals surface area (Å²) < 4.78 is 6.31. The fourth-order valence-electron chi connectivity index (χ4n) is 1.51. The molecule has 0 amide bonds. The molecule has 0 saturated carbocycles. The van der Waals surface area contributed by atoms with Crippen LogP contribution in [0.15, 0.2) is 9.59 Å². The van der Waals surface area contributed by atoms with Crippen LogP contribution in [-0.4, -0.2) is 27.4 Å². The van der Waals surface area contributed by atoms with Gasteiger partial charge >= 0.3 is 5.69 Å². The first-order chi connectivity index (χ1) is 7.82. The third-order valence-electron chi connectivity index (χ3n) is 2.71. The number of hydrogen-bond acceptors (Lipinski definition) is 4. The molecule has 96 valence electrons. The Hall–Kier alpha value is -1.56. The zero-order valence-electron chi connectivity index (χ0n) is 10.5. The minimum absolute atomic E-state index is 0.165. The molecule has 17 heavy (non-hydrogen) atoms. The van der Waals surface area contributed by atoms with Gasteiger partial charge in [-0.2, -0.15) is 0 Å². The molecule has 1 rings (SSSR count). The number of hydrogen-bond donors (Lipinski definition) is 2. The number of nitrogens with one attached hydrogen (secondary N) is 1. The maximum atomic E-state index is 11.6. The topological polar surface area (TPSA) is 84.3 Å². The standard InChI is InChI=1S/C11H18N2O4/c1-5-7-8(14)12-10(16)13(9(7)15)6-11(2,3)17-4/h15H,5-6H2,1-4H3,(H,12,14,16). The van der Waals surface area contributed by atoms with Gasteiger partial charge in [0.15, 0.2) is 0 Å². The molecule has 0 aromatic carbocycles. The maximum Gasteiger partial charge on any atom is 0.331 e. The van der Waals surface area contributed by atoms with Crippen molar-refractivity contribution in [3.8, 4) is 5.88 Å². The van der Waals surface area contributed by atoms with Gasteiger partial charge in [0, 0.05) is 7.11 Å². The molecule has 6 nitrogen and oxygen atoms in total. The van der Waals surface area contributed by atoms with Crippen LogP contribution < -0.4 is 11.2 Å². The molecule has 0 radical (unpaired) electrons. The second kappa shape index (κ2) is 4.75. The molecule has 0 saturated heterocycles. The average Bonchev–Trinajstić information content (AvgIpc) is 2.25. The van der Waals surface area contributed by atoms with Crippen LogP contribution in [0.4, 0.5) is 0 Å². The lowest BCUT2D eigenvalue weighted by Crippen LogP contribution is -2.39. The van der Waals surface area contributed by atoms with Gasteiger partial charge in [0.05, 0.1) is 17.7 Å². The van der Waals surface area contributed by atoms with Crippen LogP contribution in [-0.2, 0) is 17.7 Å². The van der Waals surface area contributed by atoms with E-state index in [1.54, 1.807) is 20.8 Å². The van der Waals surface area contributed by atoms with Crippen molar-refractivity contribution in [2.75, 3.05) is 7.11 Å². The average molecular weight is 242 g/mol. The van der Waals surface area contributed by atoms with Crippen molar-refractivity contribution in [2.24, 2.45) is 0 Å². The maximum absolute atomic E-state index is 11.6. The molecule has 0 unspecified atom stereocenters. The van der Waals surface area contributed by atoms with E-state index in [0.29, 0.717) is 6.42 Å². The molecule has 6 heteroatoms. The highest BCUT2D eigenvalue weighted by molar-refractivity contribution is 5.22. The van der Waals surface area contributed by atoms with Crippen molar-refractivity contribution < 1.29 is 9.84 Å². The monoisotopic (exact) mass is 242 g/mol. The van der Waals surface area contributed by atoms with Gasteiger partial charge in [0.2, 0.25) is 5.88 Å². The van der Waals surface area contributed by atoms with Gasteiger partial charge in [-0.25, -0.2) is 4.79 Å². The van der Waals surface area contributed by atoms with Crippen molar-refractivity contribution in [3.05, 3.63) is 26.4 Å². The second-order valence-corrected chi connectivity index (χ2v) is 4.46. The lowest BCUT2D eigenvalue weighted by molar-refractivity contribution is 0.00531. The Kier molecular flexibility index (Phi) is 3.77. The number of nitrogens with zero attached hydrogens (tertiary/aromatic N) is 1. The molecule has 2 N–H and O–H groups in total. The van der Waals surface area contributed by atoms with Crippen LogP contribution in [0.2, 0.25) is 0 Å². The molecular formula is C11H18N2O4. The molecule has 1 heterocycles. The van der Waals surface area contributed by atoms with Gasteiger partial charge in [-0.15, -0.1) is 0 Å². The quantitative estimate of drug-likeness (QED) is 0.791. The highest BCUT2D eigenvalue weighted by Gasteiger charge is 2.21. The smallest absolute Gasteiger partial charge is 0.331 e. The Morgan fingerprint density at radius 1 is 1.41 bits per heavy atom. The molecule has 0 spiro atoms. The summed E-state index contributed by atoms with van der Waals surface area (Å²) in [6.45, 7) is 5.48.